The van der Waals surface area contributed by atoms with Crippen LogP contribution in [0.5, 0.6) is 0 Å². The lowest BCUT2D eigenvalue weighted by Crippen LogP contribution is -2.43. The van der Waals surface area contributed by atoms with Gasteiger partial charge in [-0.3, -0.25) is 0 Å². The molecule has 0 aromatic carbocycles. The molecular formula is C6H11N3O. The molecule has 2 rings (SSSR count). The highest BCUT2D eigenvalue weighted by Gasteiger charge is 2.21. The van der Waals surface area contributed by atoms with Crippen molar-refractivity contribution in [2.24, 2.45) is 0 Å². The fourth-order valence-electron chi connectivity index (χ4n) is 1.19. The van der Waals surface area contributed by atoms with Crippen LogP contribution in [-0.4, -0.2) is 30.7 Å². The topological polar surface area (TPSA) is 36.5 Å². The van der Waals surface area contributed by atoms with Gasteiger partial charge in [0.05, 0.1) is 12.3 Å². The van der Waals surface area contributed by atoms with E-state index in [0.29, 0.717) is 6.04 Å². The summed E-state index contributed by atoms with van der Waals surface area (Å²) in [7, 11) is 0. The third-order valence-electron chi connectivity index (χ3n) is 1.76. The molecule has 0 radical (unpaired) electrons. The van der Waals surface area contributed by atoms with Crippen molar-refractivity contribution in [3.05, 3.63) is 12.3 Å². The fourth-order valence-corrected chi connectivity index (χ4v) is 1.19. The van der Waals surface area contributed by atoms with Crippen LogP contribution in [-0.2, 0) is 4.74 Å². The van der Waals surface area contributed by atoms with Crippen LogP contribution in [0.4, 0.5) is 0 Å². The Balaban J connectivity index is 1.91. The van der Waals surface area contributed by atoms with Crippen molar-refractivity contribution in [1.82, 2.24) is 16.0 Å². The Morgan fingerprint density at radius 3 is 3.20 bits per heavy atom. The minimum Gasteiger partial charge on any atom is -0.499 e. The first-order valence-corrected chi connectivity index (χ1v) is 3.50. The summed E-state index contributed by atoms with van der Waals surface area (Å²) in [6.45, 7) is 2.82. The van der Waals surface area contributed by atoms with Gasteiger partial charge in [-0.15, -0.1) is 0 Å². The largest absolute Gasteiger partial charge is 0.499 e. The summed E-state index contributed by atoms with van der Waals surface area (Å²) in [6, 6.07) is 0.412. The molecule has 1 unspecified atom stereocenters. The molecule has 10 heavy (non-hydrogen) atoms. The van der Waals surface area contributed by atoms with E-state index in [4.69, 9.17) is 4.74 Å². The Morgan fingerprint density at radius 1 is 1.60 bits per heavy atom. The third kappa shape index (κ3) is 1.01. The maximum Gasteiger partial charge on any atom is 0.108 e. The highest BCUT2D eigenvalue weighted by atomic mass is 16.5. The van der Waals surface area contributed by atoms with Gasteiger partial charge in [0, 0.05) is 13.1 Å². The van der Waals surface area contributed by atoms with Crippen LogP contribution in [0.1, 0.15) is 0 Å². The van der Waals surface area contributed by atoms with Crippen LogP contribution in [0.25, 0.3) is 0 Å². The molecule has 0 bridgehead atoms. The monoisotopic (exact) mass is 141 g/mol. The molecule has 4 heteroatoms. The van der Waals surface area contributed by atoms with Crippen molar-refractivity contribution in [3.8, 4) is 0 Å². The molecule has 56 valence electrons. The molecule has 2 aliphatic heterocycles. The lowest BCUT2D eigenvalue weighted by molar-refractivity contribution is 0.140. The SMILES string of the molecule is C1=CC(N2CCNN2)CO1. The summed E-state index contributed by atoms with van der Waals surface area (Å²) in [5.41, 5.74) is 6.09. The van der Waals surface area contributed by atoms with Gasteiger partial charge < -0.3 is 4.74 Å². The van der Waals surface area contributed by atoms with Gasteiger partial charge in [-0.2, -0.15) is 5.53 Å². The van der Waals surface area contributed by atoms with E-state index >= 15 is 0 Å². The van der Waals surface area contributed by atoms with E-state index in [1.807, 2.05) is 0 Å². The number of ether oxygens (including phenoxy) is 1. The minimum atomic E-state index is 0.412. The van der Waals surface area contributed by atoms with Gasteiger partial charge in [-0.1, -0.05) is 0 Å². The minimum absolute atomic E-state index is 0.412. The highest BCUT2D eigenvalue weighted by Crippen LogP contribution is 2.06. The Kier molecular flexibility index (Phi) is 1.58. The second-order valence-electron chi connectivity index (χ2n) is 2.46. The third-order valence-corrected chi connectivity index (χ3v) is 1.76. The molecule has 2 N–H and O–H groups in total. The maximum atomic E-state index is 5.08. The molecule has 2 heterocycles. The second kappa shape index (κ2) is 2.57. The molecular weight excluding hydrogens is 130 g/mol. The van der Waals surface area contributed by atoms with Gasteiger partial charge in [0.15, 0.2) is 0 Å². The number of nitrogens with one attached hydrogen (secondary N) is 2. The first kappa shape index (κ1) is 6.15. The van der Waals surface area contributed by atoms with Crippen LogP contribution in [0, 0.1) is 0 Å². The molecule has 0 aromatic heterocycles. The summed E-state index contributed by atoms with van der Waals surface area (Å²) in [5.74, 6) is 0. The van der Waals surface area contributed by atoms with E-state index in [-0.39, 0.29) is 0 Å². The fraction of sp³-hybridized carbons (Fsp3) is 0.667. The maximum absolute atomic E-state index is 5.08. The van der Waals surface area contributed by atoms with Crippen LogP contribution in [0.2, 0.25) is 0 Å². The van der Waals surface area contributed by atoms with E-state index in [2.05, 4.69) is 22.0 Å². The number of hydrazine groups is 2. The van der Waals surface area contributed by atoms with E-state index in [1.54, 1.807) is 6.26 Å². The summed E-state index contributed by atoms with van der Waals surface area (Å²) in [5, 5.41) is 2.13. The lowest BCUT2D eigenvalue weighted by Gasteiger charge is -2.18. The number of rotatable bonds is 1. The van der Waals surface area contributed by atoms with Crippen molar-refractivity contribution < 1.29 is 4.74 Å². The van der Waals surface area contributed by atoms with Gasteiger partial charge in [-0.05, 0) is 6.08 Å². The lowest BCUT2D eigenvalue weighted by atomic mass is 10.3. The molecule has 1 saturated heterocycles. The van der Waals surface area contributed by atoms with Gasteiger partial charge in [0.1, 0.15) is 6.61 Å². The van der Waals surface area contributed by atoms with Crippen LogP contribution in [0.15, 0.2) is 12.3 Å². The normalized spacial score (nSPS) is 33.0. The number of nitrogens with zero attached hydrogens (tertiary/aromatic N) is 1. The summed E-state index contributed by atoms with van der Waals surface area (Å²) < 4.78 is 5.08. The van der Waals surface area contributed by atoms with E-state index in [9.17, 15) is 0 Å². The first-order valence-electron chi connectivity index (χ1n) is 3.50. The highest BCUT2D eigenvalue weighted by molar-refractivity contribution is 4.95. The van der Waals surface area contributed by atoms with E-state index in [1.165, 1.54) is 0 Å². The molecule has 0 aliphatic carbocycles. The number of hydrogen-bond acceptors (Lipinski definition) is 4. The van der Waals surface area contributed by atoms with Gasteiger partial charge in [0.2, 0.25) is 0 Å². The van der Waals surface area contributed by atoms with Crippen LogP contribution < -0.4 is 11.0 Å². The average molecular weight is 141 g/mol. The zero-order valence-corrected chi connectivity index (χ0v) is 5.71. The van der Waals surface area contributed by atoms with Crippen LogP contribution >= 0.6 is 0 Å². The molecule has 1 fully saturated rings. The second-order valence-corrected chi connectivity index (χ2v) is 2.46. The van der Waals surface area contributed by atoms with Crippen molar-refractivity contribution in [3.63, 3.8) is 0 Å². The molecule has 0 saturated carbocycles. The standard InChI is InChI=1S/C6H11N3O/c1-4-10-5-6(1)9-3-2-7-8-9/h1,4,6-8H,2-3,5H2. The van der Waals surface area contributed by atoms with E-state index in [0.717, 1.165) is 19.7 Å². The summed E-state index contributed by atoms with van der Waals surface area (Å²) >= 11 is 0. The molecule has 1 atom stereocenters. The van der Waals surface area contributed by atoms with Gasteiger partial charge in [-0.25, -0.2) is 10.4 Å². The van der Waals surface area contributed by atoms with Crippen molar-refractivity contribution in [2.75, 3.05) is 19.7 Å². The molecule has 4 nitrogen and oxygen atoms in total. The summed E-state index contributed by atoms with van der Waals surface area (Å²) in [4.78, 5) is 0. The average Bonchev–Trinajstić information content (AvgIpc) is 2.59. The van der Waals surface area contributed by atoms with E-state index < -0.39 is 0 Å². The molecule has 0 spiro atoms. The van der Waals surface area contributed by atoms with Crippen molar-refractivity contribution >= 4 is 0 Å². The Hall–Kier alpha value is -0.580. The smallest absolute Gasteiger partial charge is 0.108 e. The Bertz CT molecular complexity index is 142. The van der Waals surface area contributed by atoms with Gasteiger partial charge >= 0.3 is 0 Å². The predicted octanol–water partition coefficient (Wildman–Crippen LogP) is -0.776. The summed E-state index contributed by atoms with van der Waals surface area (Å²) in [6.07, 6.45) is 3.81. The Morgan fingerprint density at radius 2 is 2.60 bits per heavy atom. The zero-order chi connectivity index (χ0) is 6.81. The zero-order valence-electron chi connectivity index (χ0n) is 5.71. The van der Waals surface area contributed by atoms with Crippen molar-refractivity contribution in [2.45, 2.75) is 6.04 Å². The first-order chi connectivity index (χ1) is 4.97. The predicted molar refractivity (Wildman–Crippen MR) is 36.7 cm³/mol. The molecule has 0 amide bonds. The Labute approximate surface area is 59.8 Å². The van der Waals surface area contributed by atoms with Crippen LogP contribution in [0.3, 0.4) is 0 Å². The van der Waals surface area contributed by atoms with Gasteiger partial charge in [0.25, 0.3) is 0 Å². The van der Waals surface area contributed by atoms with Crippen molar-refractivity contribution in [1.29, 1.82) is 0 Å². The molecule has 2 aliphatic rings. The number of hydrogen-bond donors (Lipinski definition) is 2. The molecule has 0 aromatic rings. The quantitative estimate of drug-likeness (QED) is 0.502.